The van der Waals surface area contributed by atoms with E-state index in [4.69, 9.17) is 9.41 Å². The molecule has 2 aromatic heterocycles. The standard InChI is InChI=1S/C26H29N5O2/c1-3-27-26(28-13-12-20-17-29-23-15-18(2)6-11-22(20)23)30-16-19-7-9-21(10-8-19)31-25(32)24-5-4-14-33-24/h4-11,14-15,17,29H,3,12-13,16H2,1-2H3,(H,31,32)(H2,27,28,30). The number of carbonyl (C=O) groups excluding carboxylic acids is 1. The summed E-state index contributed by atoms with van der Waals surface area (Å²) in [5.74, 6) is 0.797. The summed E-state index contributed by atoms with van der Waals surface area (Å²) in [6, 6.07) is 17.5. The smallest absolute Gasteiger partial charge is 0.291 e. The summed E-state index contributed by atoms with van der Waals surface area (Å²) in [7, 11) is 0. The first-order valence-corrected chi connectivity index (χ1v) is 11.1. The normalized spacial score (nSPS) is 11.5. The molecule has 0 aliphatic heterocycles. The van der Waals surface area contributed by atoms with Crippen LogP contribution in [0.1, 0.15) is 34.2 Å². The number of aromatic nitrogens is 1. The van der Waals surface area contributed by atoms with Gasteiger partial charge in [0, 0.05) is 35.9 Å². The molecule has 0 saturated heterocycles. The quantitative estimate of drug-likeness (QED) is 0.236. The zero-order chi connectivity index (χ0) is 23.0. The minimum absolute atomic E-state index is 0.269. The lowest BCUT2D eigenvalue weighted by Crippen LogP contribution is -2.38. The lowest BCUT2D eigenvalue weighted by molar-refractivity contribution is 0.0996. The van der Waals surface area contributed by atoms with E-state index in [0.717, 1.165) is 31.0 Å². The zero-order valence-electron chi connectivity index (χ0n) is 18.9. The predicted octanol–water partition coefficient (Wildman–Crippen LogP) is 4.62. The van der Waals surface area contributed by atoms with E-state index in [2.05, 4.69) is 59.2 Å². The highest BCUT2D eigenvalue weighted by molar-refractivity contribution is 6.02. The highest BCUT2D eigenvalue weighted by atomic mass is 16.3. The molecular formula is C26H29N5O2. The predicted molar refractivity (Wildman–Crippen MR) is 133 cm³/mol. The molecule has 4 N–H and O–H groups in total. The Hall–Kier alpha value is -4.00. The van der Waals surface area contributed by atoms with Crippen LogP contribution in [0.15, 0.2) is 76.5 Å². The van der Waals surface area contributed by atoms with E-state index in [0.29, 0.717) is 12.2 Å². The number of guanidine groups is 1. The molecule has 33 heavy (non-hydrogen) atoms. The molecule has 2 aromatic carbocycles. The lowest BCUT2D eigenvalue weighted by Gasteiger charge is -2.11. The van der Waals surface area contributed by atoms with Crippen molar-refractivity contribution in [3.8, 4) is 0 Å². The Morgan fingerprint density at radius 1 is 1.09 bits per heavy atom. The third-order valence-electron chi connectivity index (χ3n) is 5.33. The fraction of sp³-hybridized carbons (Fsp3) is 0.231. The average molecular weight is 444 g/mol. The molecule has 0 aliphatic rings. The minimum atomic E-state index is -0.269. The number of nitrogens with one attached hydrogen (secondary N) is 4. The first-order chi connectivity index (χ1) is 16.1. The highest BCUT2D eigenvalue weighted by Gasteiger charge is 2.08. The van der Waals surface area contributed by atoms with Gasteiger partial charge in [0.05, 0.1) is 12.8 Å². The van der Waals surface area contributed by atoms with Gasteiger partial charge in [0.25, 0.3) is 5.91 Å². The molecule has 0 fully saturated rings. The molecule has 2 heterocycles. The molecule has 0 atom stereocenters. The average Bonchev–Trinajstić information content (AvgIpc) is 3.49. The van der Waals surface area contributed by atoms with Crippen molar-refractivity contribution in [3.05, 3.63) is 89.5 Å². The number of nitrogens with zero attached hydrogens (tertiary/aromatic N) is 1. The van der Waals surface area contributed by atoms with Gasteiger partial charge in [0.1, 0.15) is 0 Å². The van der Waals surface area contributed by atoms with Gasteiger partial charge in [0.15, 0.2) is 11.7 Å². The number of amides is 1. The van der Waals surface area contributed by atoms with Crippen LogP contribution in [0.2, 0.25) is 0 Å². The zero-order valence-corrected chi connectivity index (χ0v) is 18.9. The van der Waals surface area contributed by atoms with E-state index in [9.17, 15) is 4.79 Å². The van der Waals surface area contributed by atoms with Gasteiger partial charge in [-0.1, -0.05) is 24.3 Å². The van der Waals surface area contributed by atoms with Gasteiger partial charge in [-0.15, -0.1) is 0 Å². The number of anilines is 1. The van der Waals surface area contributed by atoms with Crippen LogP contribution in [0.5, 0.6) is 0 Å². The summed E-state index contributed by atoms with van der Waals surface area (Å²) < 4.78 is 5.12. The van der Waals surface area contributed by atoms with Crippen molar-refractivity contribution in [3.63, 3.8) is 0 Å². The van der Waals surface area contributed by atoms with Crippen molar-refractivity contribution in [1.82, 2.24) is 15.6 Å². The number of fused-ring (bicyclic) bond motifs is 1. The molecule has 7 nitrogen and oxygen atoms in total. The molecule has 1 amide bonds. The Bertz CT molecular complexity index is 1220. The first-order valence-electron chi connectivity index (χ1n) is 11.1. The summed E-state index contributed by atoms with van der Waals surface area (Å²) in [5.41, 5.74) is 5.48. The summed E-state index contributed by atoms with van der Waals surface area (Å²) >= 11 is 0. The Kier molecular flexibility index (Phi) is 7.09. The molecule has 4 rings (SSSR count). The Labute approximate surface area is 193 Å². The number of benzene rings is 2. The molecule has 0 aliphatic carbocycles. The number of aryl methyl sites for hydroxylation is 1. The van der Waals surface area contributed by atoms with Crippen LogP contribution in [0.4, 0.5) is 5.69 Å². The van der Waals surface area contributed by atoms with Crippen LogP contribution in [-0.4, -0.2) is 29.9 Å². The molecule has 0 spiro atoms. The van der Waals surface area contributed by atoms with Crippen LogP contribution >= 0.6 is 0 Å². The van der Waals surface area contributed by atoms with Crippen molar-refractivity contribution < 1.29 is 9.21 Å². The molecule has 7 heteroatoms. The molecular weight excluding hydrogens is 414 g/mol. The summed E-state index contributed by atoms with van der Waals surface area (Å²) in [4.78, 5) is 20.1. The Balaban J connectivity index is 1.31. The fourth-order valence-corrected chi connectivity index (χ4v) is 3.63. The maximum Gasteiger partial charge on any atom is 0.291 e. The van der Waals surface area contributed by atoms with E-state index in [1.165, 1.54) is 28.3 Å². The van der Waals surface area contributed by atoms with E-state index in [1.807, 2.05) is 24.3 Å². The van der Waals surface area contributed by atoms with Crippen molar-refractivity contribution in [2.45, 2.75) is 26.8 Å². The molecule has 0 unspecified atom stereocenters. The molecule has 0 saturated carbocycles. The number of hydrogen-bond acceptors (Lipinski definition) is 3. The molecule has 0 radical (unpaired) electrons. The first kappa shape index (κ1) is 22.2. The third kappa shape index (κ3) is 5.83. The number of furan rings is 1. The van der Waals surface area contributed by atoms with Crippen LogP contribution in [0, 0.1) is 6.92 Å². The molecule has 0 bridgehead atoms. The van der Waals surface area contributed by atoms with E-state index < -0.39 is 0 Å². The van der Waals surface area contributed by atoms with Crippen molar-refractivity contribution in [1.29, 1.82) is 0 Å². The van der Waals surface area contributed by atoms with Gasteiger partial charge in [-0.05, 0) is 67.3 Å². The summed E-state index contributed by atoms with van der Waals surface area (Å²) in [6.45, 7) is 6.26. The van der Waals surface area contributed by atoms with Crippen LogP contribution in [0.3, 0.4) is 0 Å². The van der Waals surface area contributed by atoms with Crippen molar-refractivity contribution >= 4 is 28.5 Å². The van der Waals surface area contributed by atoms with Crippen LogP contribution in [-0.2, 0) is 13.0 Å². The SMILES string of the molecule is CCNC(=NCc1ccc(NC(=O)c2ccco2)cc1)NCCc1c[nH]c2cc(C)ccc12. The largest absolute Gasteiger partial charge is 0.459 e. The summed E-state index contributed by atoms with van der Waals surface area (Å²) in [6.07, 6.45) is 4.47. The lowest BCUT2D eigenvalue weighted by atomic mass is 10.1. The van der Waals surface area contributed by atoms with E-state index in [-0.39, 0.29) is 11.7 Å². The van der Waals surface area contributed by atoms with E-state index in [1.54, 1.807) is 12.1 Å². The number of H-pyrrole nitrogens is 1. The summed E-state index contributed by atoms with van der Waals surface area (Å²) in [5, 5.41) is 10.8. The Morgan fingerprint density at radius 3 is 2.70 bits per heavy atom. The Morgan fingerprint density at radius 2 is 1.94 bits per heavy atom. The number of aromatic amines is 1. The van der Waals surface area contributed by atoms with Gasteiger partial charge in [0.2, 0.25) is 0 Å². The van der Waals surface area contributed by atoms with Crippen molar-refractivity contribution in [2.24, 2.45) is 4.99 Å². The number of carbonyl (C=O) groups is 1. The molecule has 4 aromatic rings. The monoisotopic (exact) mass is 443 g/mol. The van der Waals surface area contributed by atoms with Gasteiger partial charge >= 0.3 is 0 Å². The number of hydrogen-bond donors (Lipinski definition) is 4. The fourth-order valence-electron chi connectivity index (χ4n) is 3.63. The third-order valence-corrected chi connectivity index (χ3v) is 5.33. The van der Waals surface area contributed by atoms with Gasteiger partial charge in [-0.25, -0.2) is 4.99 Å². The second-order valence-corrected chi connectivity index (χ2v) is 7.86. The number of aliphatic imine (C=N–C) groups is 1. The van der Waals surface area contributed by atoms with Crippen molar-refractivity contribution in [2.75, 3.05) is 18.4 Å². The number of rotatable bonds is 8. The second kappa shape index (κ2) is 10.5. The van der Waals surface area contributed by atoms with Crippen LogP contribution < -0.4 is 16.0 Å². The van der Waals surface area contributed by atoms with Gasteiger partial charge in [-0.2, -0.15) is 0 Å². The maximum atomic E-state index is 12.1. The second-order valence-electron chi connectivity index (χ2n) is 7.86. The topological polar surface area (TPSA) is 94.4 Å². The minimum Gasteiger partial charge on any atom is -0.459 e. The van der Waals surface area contributed by atoms with Crippen LogP contribution in [0.25, 0.3) is 10.9 Å². The molecule has 170 valence electrons. The maximum absolute atomic E-state index is 12.1. The van der Waals surface area contributed by atoms with Gasteiger partial charge < -0.3 is 25.4 Å². The van der Waals surface area contributed by atoms with Gasteiger partial charge in [-0.3, -0.25) is 4.79 Å². The van der Waals surface area contributed by atoms with E-state index >= 15 is 0 Å². The highest BCUT2D eigenvalue weighted by Crippen LogP contribution is 2.19.